The molecule has 0 aliphatic carbocycles. The number of carbonyl (C=O) groups is 1. The van der Waals surface area contributed by atoms with E-state index in [-0.39, 0.29) is 18.1 Å². The van der Waals surface area contributed by atoms with E-state index in [0.29, 0.717) is 10.2 Å². The van der Waals surface area contributed by atoms with E-state index in [0.717, 1.165) is 25.1 Å². The highest BCUT2D eigenvalue weighted by Crippen LogP contribution is 2.29. The van der Waals surface area contributed by atoms with E-state index < -0.39 is 4.92 Å². The Bertz CT molecular complexity index is 838. The zero-order chi connectivity index (χ0) is 18.0. The molecule has 1 aliphatic heterocycles. The van der Waals surface area contributed by atoms with E-state index in [2.05, 4.69) is 51.3 Å². The number of carbonyl (C=O) groups excluding carboxylic acids is 1. The molecule has 2 aromatic rings. The van der Waals surface area contributed by atoms with E-state index in [1.807, 2.05) is 0 Å². The van der Waals surface area contributed by atoms with Crippen molar-refractivity contribution in [2.45, 2.75) is 19.8 Å². The molecule has 1 N–H and O–H groups in total. The molecule has 0 saturated carbocycles. The maximum absolute atomic E-state index is 12.4. The molecule has 1 aliphatic rings. The first-order valence-electron chi connectivity index (χ1n) is 8.02. The Morgan fingerprint density at radius 3 is 2.84 bits per heavy atom. The molecule has 0 radical (unpaired) electrons. The van der Waals surface area contributed by atoms with Gasteiger partial charge in [-0.2, -0.15) is 0 Å². The number of hydrogen-bond acceptors (Lipinski definition) is 4. The van der Waals surface area contributed by atoms with Crippen LogP contribution in [0.1, 0.15) is 17.5 Å². The predicted octanol–water partition coefficient (Wildman–Crippen LogP) is 4.06. The highest BCUT2D eigenvalue weighted by Gasteiger charge is 2.20. The van der Waals surface area contributed by atoms with Crippen LogP contribution in [0.4, 0.5) is 17.1 Å². The van der Waals surface area contributed by atoms with Crippen molar-refractivity contribution >= 4 is 38.9 Å². The lowest BCUT2D eigenvalue weighted by Crippen LogP contribution is -2.36. The van der Waals surface area contributed by atoms with Crippen LogP contribution < -0.4 is 10.2 Å². The van der Waals surface area contributed by atoms with E-state index in [1.54, 1.807) is 0 Å². The van der Waals surface area contributed by atoms with Gasteiger partial charge in [-0.15, -0.1) is 0 Å². The van der Waals surface area contributed by atoms with Crippen LogP contribution >= 0.6 is 15.9 Å². The van der Waals surface area contributed by atoms with Gasteiger partial charge < -0.3 is 10.2 Å². The minimum absolute atomic E-state index is 0.0230. The number of anilines is 2. The summed E-state index contributed by atoms with van der Waals surface area (Å²) in [5.41, 5.74) is 4.10. The second kappa shape index (κ2) is 7.23. The molecule has 3 rings (SSSR count). The Morgan fingerprint density at radius 1 is 1.32 bits per heavy atom. The third-order valence-corrected chi connectivity index (χ3v) is 4.88. The molecule has 0 saturated heterocycles. The molecule has 1 heterocycles. The second-order valence-electron chi connectivity index (χ2n) is 6.13. The van der Waals surface area contributed by atoms with Crippen LogP contribution in [0.25, 0.3) is 0 Å². The number of non-ortho nitro benzene ring substituents is 1. The molecule has 2 aromatic carbocycles. The third-order valence-electron chi connectivity index (χ3n) is 4.22. The van der Waals surface area contributed by atoms with Crippen molar-refractivity contribution in [2.24, 2.45) is 0 Å². The standard InChI is InChI=1S/C18H18BrN3O3/c1-12-4-7-17-13(9-12)3-2-8-21(17)11-18(23)20-16-6-5-14(22(24)25)10-15(16)19/h4-7,9-10H,2-3,8,11H2,1H3,(H,20,23). The van der Waals surface area contributed by atoms with Gasteiger partial charge in [0.05, 0.1) is 17.2 Å². The molecule has 0 atom stereocenters. The smallest absolute Gasteiger partial charge is 0.270 e. The number of nitrogens with one attached hydrogen (secondary N) is 1. The van der Waals surface area contributed by atoms with Crippen LogP contribution in [0.3, 0.4) is 0 Å². The minimum atomic E-state index is -0.469. The Labute approximate surface area is 154 Å². The molecular weight excluding hydrogens is 386 g/mol. The third kappa shape index (κ3) is 3.99. The van der Waals surface area contributed by atoms with Gasteiger partial charge in [-0.05, 0) is 53.4 Å². The number of fused-ring (bicyclic) bond motifs is 1. The average Bonchev–Trinajstić information content (AvgIpc) is 2.56. The second-order valence-corrected chi connectivity index (χ2v) is 6.98. The van der Waals surface area contributed by atoms with Gasteiger partial charge in [0.15, 0.2) is 0 Å². The van der Waals surface area contributed by atoms with Crippen LogP contribution in [0.15, 0.2) is 40.9 Å². The average molecular weight is 404 g/mol. The summed E-state index contributed by atoms with van der Waals surface area (Å²) in [6.45, 7) is 3.16. The minimum Gasteiger partial charge on any atom is -0.362 e. The molecule has 0 spiro atoms. The first-order valence-corrected chi connectivity index (χ1v) is 8.81. The molecule has 25 heavy (non-hydrogen) atoms. The summed E-state index contributed by atoms with van der Waals surface area (Å²) in [6.07, 6.45) is 2.05. The van der Waals surface area contributed by atoms with Crippen molar-refractivity contribution in [1.29, 1.82) is 0 Å². The number of hydrogen-bond donors (Lipinski definition) is 1. The van der Waals surface area contributed by atoms with Crippen molar-refractivity contribution in [1.82, 2.24) is 0 Å². The molecular formula is C18H18BrN3O3. The number of nitro benzene ring substituents is 1. The summed E-state index contributed by atoms with van der Waals surface area (Å²) in [5, 5.41) is 13.6. The molecule has 1 amide bonds. The maximum atomic E-state index is 12.4. The van der Waals surface area contributed by atoms with E-state index in [9.17, 15) is 14.9 Å². The fourth-order valence-electron chi connectivity index (χ4n) is 3.05. The highest BCUT2D eigenvalue weighted by atomic mass is 79.9. The first-order chi connectivity index (χ1) is 11.9. The van der Waals surface area contributed by atoms with Crippen LogP contribution in [0.2, 0.25) is 0 Å². The number of amides is 1. The van der Waals surface area contributed by atoms with Crippen LogP contribution in [0, 0.1) is 17.0 Å². The van der Waals surface area contributed by atoms with Crippen LogP contribution in [0.5, 0.6) is 0 Å². The van der Waals surface area contributed by atoms with E-state index >= 15 is 0 Å². The fourth-order valence-corrected chi connectivity index (χ4v) is 3.52. The largest absolute Gasteiger partial charge is 0.362 e. The molecule has 6 nitrogen and oxygen atoms in total. The summed E-state index contributed by atoms with van der Waals surface area (Å²) in [4.78, 5) is 24.8. The monoisotopic (exact) mass is 403 g/mol. The molecule has 0 fully saturated rings. The van der Waals surface area contributed by atoms with E-state index in [4.69, 9.17) is 0 Å². The summed E-state index contributed by atoms with van der Waals surface area (Å²) in [7, 11) is 0. The first kappa shape index (κ1) is 17.4. The Hall–Kier alpha value is -2.41. The van der Waals surface area contributed by atoms with Gasteiger partial charge in [0.1, 0.15) is 0 Å². The van der Waals surface area contributed by atoms with Crippen molar-refractivity contribution in [3.8, 4) is 0 Å². The molecule has 0 aromatic heterocycles. The van der Waals surface area contributed by atoms with E-state index in [1.165, 1.54) is 29.3 Å². The van der Waals surface area contributed by atoms with Crippen molar-refractivity contribution in [3.63, 3.8) is 0 Å². The Kier molecular flexibility index (Phi) is 5.03. The summed E-state index contributed by atoms with van der Waals surface area (Å²) >= 11 is 3.27. The van der Waals surface area contributed by atoms with Crippen molar-refractivity contribution in [3.05, 3.63) is 62.1 Å². The van der Waals surface area contributed by atoms with Crippen LogP contribution in [-0.4, -0.2) is 23.9 Å². The quantitative estimate of drug-likeness (QED) is 0.616. The van der Waals surface area contributed by atoms with Crippen LogP contribution in [-0.2, 0) is 11.2 Å². The fraction of sp³-hybridized carbons (Fsp3) is 0.278. The van der Waals surface area contributed by atoms with Gasteiger partial charge in [0.25, 0.3) is 5.69 Å². The normalized spacial score (nSPS) is 13.3. The molecule has 7 heteroatoms. The van der Waals surface area contributed by atoms with Crippen molar-refractivity contribution < 1.29 is 9.72 Å². The lowest BCUT2D eigenvalue weighted by atomic mass is 9.99. The molecule has 0 unspecified atom stereocenters. The number of halogens is 1. The Morgan fingerprint density at radius 2 is 2.12 bits per heavy atom. The zero-order valence-corrected chi connectivity index (χ0v) is 15.4. The molecule has 0 bridgehead atoms. The SMILES string of the molecule is Cc1ccc2c(c1)CCCN2CC(=O)Nc1ccc([N+](=O)[O-])cc1Br. The highest BCUT2D eigenvalue weighted by molar-refractivity contribution is 9.10. The van der Waals surface area contributed by atoms with Gasteiger partial charge in [-0.25, -0.2) is 0 Å². The lowest BCUT2D eigenvalue weighted by molar-refractivity contribution is -0.384. The van der Waals surface area contributed by atoms with Gasteiger partial charge >= 0.3 is 0 Å². The summed E-state index contributed by atoms with van der Waals surface area (Å²) in [6, 6.07) is 10.6. The zero-order valence-electron chi connectivity index (χ0n) is 13.8. The number of benzene rings is 2. The number of rotatable bonds is 4. The topological polar surface area (TPSA) is 75.5 Å². The predicted molar refractivity (Wildman–Crippen MR) is 101 cm³/mol. The van der Waals surface area contributed by atoms with Gasteiger partial charge in [0.2, 0.25) is 5.91 Å². The maximum Gasteiger partial charge on any atom is 0.270 e. The van der Waals surface area contributed by atoms with Gasteiger partial charge in [-0.3, -0.25) is 14.9 Å². The number of nitro groups is 1. The summed E-state index contributed by atoms with van der Waals surface area (Å²) < 4.78 is 0.490. The lowest BCUT2D eigenvalue weighted by Gasteiger charge is -2.31. The number of aryl methyl sites for hydroxylation is 2. The Balaban J connectivity index is 1.71. The summed E-state index contributed by atoms with van der Waals surface area (Å²) in [5.74, 6) is -0.150. The van der Waals surface area contributed by atoms with Gasteiger partial charge in [-0.1, -0.05) is 17.7 Å². The number of nitrogens with zero attached hydrogens (tertiary/aromatic N) is 2. The van der Waals surface area contributed by atoms with Crippen molar-refractivity contribution in [2.75, 3.05) is 23.3 Å². The molecule has 130 valence electrons. The van der Waals surface area contributed by atoms with Gasteiger partial charge in [0, 0.05) is 28.8 Å².